The molecule has 12 aromatic carbocycles. The number of nitrogens with zero attached hydrogens (tertiary/aromatic N) is 2. The summed E-state index contributed by atoms with van der Waals surface area (Å²) in [6.45, 7) is 0. The third-order valence-corrected chi connectivity index (χ3v) is 15.0. The van der Waals surface area contributed by atoms with Crippen molar-refractivity contribution >= 4 is 60.4 Å². The van der Waals surface area contributed by atoms with Crippen molar-refractivity contribution in [2.45, 2.75) is 5.41 Å². The maximum atomic E-state index is 2.53. The molecule has 14 rings (SSSR count). The molecule has 0 saturated heterocycles. The molecule has 1 aliphatic carbocycles. The SMILES string of the molecule is c1ccc(-c2cccc(C3(c4ccccc4)c4ccccc4-c4ccc(N(c5ccc6c7ccc8ccccc8c7n(-c7ccccc7-c7ccccc7)c6c5)c5cccc6ccccc56)cc43)c2)cc1. The summed E-state index contributed by atoms with van der Waals surface area (Å²) in [5.41, 5.74) is 18.5. The molecule has 13 aromatic rings. The first-order chi connectivity index (χ1) is 35.2. The van der Waals surface area contributed by atoms with Crippen molar-refractivity contribution in [3.8, 4) is 39.1 Å². The summed E-state index contributed by atoms with van der Waals surface area (Å²) in [5.74, 6) is 0. The Morgan fingerprint density at radius 3 is 1.69 bits per heavy atom. The van der Waals surface area contributed by atoms with Crippen LogP contribution in [0.3, 0.4) is 0 Å². The van der Waals surface area contributed by atoms with Gasteiger partial charge in [-0.3, -0.25) is 0 Å². The molecule has 0 amide bonds. The fraction of sp³-hybridized carbons (Fsp3) is 0.0145. The van der Waals surface area contributed by atoms with E-state index < -0.39 is 5.41 Å². The Labute approximate surface area is 413 Å². The fourth-order valence-electron chi connectivity index (χ4n) is 12.0. The number of aromatic nitrogens is 1. The van der Waals surface area contributed by atoms with E-state index in [0.717, 1.165) is 28.3 Å². The van der Waals surface area contributed by atoms with Crippen LogP contribution >= 0.6 is 0 Å². The maximum Gasteiger partial charge on any atom is 0.0714 e. The first-order valence-electron chi connectivity index (χ1n) is 24.6. The lowest BCUT2D eigenvalue weighted by molar-refractivity contribution is 0.769. The Kier molecular flexibility index (Phi) is 9.47. The molecular weight excluding hydrogens is 857 g/mol. The summed E-state index contributed by atoms with van der Waals surface area (Å²) in [7, 11) is 0. The molecular formula is C69H46N2. The highest BCUT2D eigenvalue weighted by atomic mass is 15.1. The Bertz CT molecular complexity index is 4170. The number of hydrogen-bond acceptors (Lipinski definition) is 1. The largest absolute Gasteiger partial charge is 0.310 e. The lowest BCUT2D eigenvalue weighted by Gasteiger charge is -2.35. The van der Waals surface area contributed by atoms with Gasteiger partial charge in [-0.2, -0.15) is 0 Å². The molecule has 0 spiro atoms. The summed E-state index contributed by atoms with van der Waals surface area (Å²) in [6, 6.07) is 103. The van der Waals surface area contributed by atoms with Crippen LogP contribution in [-0.2, 0) is 5.41 Å². The van der Waals surface area contributed by atoms with E-state index in [-0.39, 0.29) is 0 Å². The Morgan fingerprint density at radius 2 is 0.873 bits per heavy atom. The number of benzene rings is 12. The molecule has 0 saturated carbocycles. The Hall–Kier alpha value is -9.24. The monoisotopic (exact) mass is 902 g/mol. The molecule has 2 heteroatoms. The van der Waals surface area contributed by atoms with Gasteiger partial charge in [0, 0.05) is 38.5 Å². The van der Waals surface area contributed by atoms with E-state index in [1.807, 2.05) is 0 Å². The minimum atomic E-state index is -0.614. The molecule has 0 radical (unpaired) electrons. The molecule has 0 fully saturated rings. The van der Waals surface area contributed by atoms with Crippen molar-refractivity contribution in [1.29, 1.82) is 0 Å². The predicted molar refractivity (Wildman–Crippen MR) is 299 cm³/mol. The van der Waals surface area contributed by atoms with Gasteiger partial charge in [-0.05, 0) is 103 Å². The van der Waals surface area contributed by atoms with Crippen LogP contribution in [0.4, 0.5) is 17.1 Å². The van der Waals surface area contributed by atoms with Gasteiger partial charge < -0.3 is 9.47 Å². The summed E-state index contributed by atoms with van der Waals surface area (Å²) in [4.78, 5) is 2.50. The van der Waals surface area contributed by atoms with Gasteiger partial charge in [0.05, 0.1) is 27.8 Å². The van der Waals surface area contributed by atoms with E-state index in [0.29, 0.717) is 0 Å². The van der Waals surface area contributed by atoms with Gasteiger partial charge in [0.15, 0.2) is 0 Å². The van der Waals surface area contributed by atoms with Gasteiger partial charge in [-0.15, -0.1) is 0 Å². The third kappa shape index (κ3) is 6.35. The number of anilines is 3. The number of hydrogen-bond donors (Lipinski definition) is 0. The molecule has 332 valence electrons. The molecule has 1 atom stereocenters. The van der Waals surface area contributed by atoms with E-state index in [4.69, 9.17) is 0 Å². The van der Waals surface area contributed by atoms with E-state index >= 15 is 0 Å². The number of fused-ring (bicyclic) bond motifs is 9. The smallest absolute Gasteiger partial charge is 0.0714 e. The van der Waals surface area contributed by atoms with Gasteiger partial charge in [0.2, 0.25) is 0 Å². The van der Waals surface area contributed by atoms with Crippen molar-refractivity contribution < 1.29 is 0 Å². The van der Waals surface area contributed by atoms with Crippen LogP contribution in [0.1, 0.15) is 22.3 Å². The van der Waals surface area contributed by atoms with Gasteiger partial charge >= 0.3 is 0 Å². The molecule has 1 aliphatic rings. The fourth-order valence-corrected chi connectivity index (χ4v) is 12.0. The van der Waals surface area contributed by atoms with Crippen LogP contribution in [-0.4, -0.2) is 4.57 Å². The highest BCUT2D eigenvalue weighted by molar-refractivity contribution is 6.19. The topological polar surface area (TPSA) is 8.17 Å². The molecule has 0 aliphatic heterocycles. The van der Waals surface area contributed by atoms with Crippen molar-refractivity contribution in [3.05, 3.63) is 301 Å². The lowest BCUT2D eigenvalue weighted by atomic mass is 9.67. The quantitative estimate of drug-likeness (QED) is 0.147. The highest BCUT2D eigenvalue weighted by Crippen LogP contribution is 2.58. The number of rotatable bonds is 8. The highest BCUT2D eigenvalue weighted by Gasteiger charge is 2.46. The van der Waals surface area contributed by atoms with Crippen molar-refractivity contribution in [2.75, 3.05) is 4.90 Å². The second kappa shape index (κ2) is 16.5. The van der Waals surface area contributed by atoms with Gasteiger partial charge in [0.25, 0.3) is 0 Å². The van der Waals surface area contributed by atoms with Crippen LogP contribution in [0.25, 0.3) is 82.4 Å². The Balaban J connectivity index is 1.07. The summed E-state index contributed by atoms with van der Waals surface area (Å²) < 4.78 is 2.53. The van der Waals surface area contributed by atoms with Gasteiger partial charge in [-0.25, -0.2) is 0 Å². The van der Waals surface area contributed by atoms with Crippen LogP contribution in [0.2, 0.25) is 0 Å². The normalized spacial score (nSPS) is 14.0. The van der Waals surface area contributed by atoms with Crippen molar-refractivity contribution in [2.24, 2.45) is 0 Å². The average Bonchev–Trinajstić information content (AvgIpc) is 3.95. The van der Waals surface area contributed by atoms with Gasteiger partial charge in [-0.1, -0.05) is 237 Å². The van der Waals surface area contributed by atoms with Crippen LogP contribution in [0, 0.1) is 0 Å². The van der Waals surface area contributed by atoms with E-state index in [1.54, 1.807) is 0 Å². The molecule has 2 nitrogen and oxygen atoms in total. The van der Waals surface area contributed by atoms with E-state index in [9.17, 15) is 0 Å². The molecule has 0 bridgehead atoms. The molecule has 0 N–H and O–H groups in total. The van der Waals surface area contributed by atoms with Crippen LogP contribution < -0.4 is 4.90 Å². The van der Waals surface area contributed by atoms with Gasteiger partial charge in [0.1, 0.15) is 0 Å². The van der Waals surface area contributed by atoms with Crippen LogP contribution in [0.5, 0.6) is 0 Å². The zero-order valence-electron chi connectivity index (χ0n) is 39.0. The summed E-state index contributed by atoms with van der Waals surface area (Å²) in [5, 5.41) is 7.26. The predicted octanol–water partition coefficient (Wildman–Crippen LogP) is 18.3. The Morgan fingerprint density at radius 1 is 0.310 bits per heavy atom. The number of para-hydroxylation sites is 1. The standard InChI is InChI=1S/C69H46N2/c1-4-20-47(21-5-1)51-27-18-30-53(44-51)69(52-28-8-3-9-29-52)63-35-16-14-34-59(63)60-42-39-54(45-64(60)69)70(65-37-19-26-49-24-10-12-31-56(49)65)55-40-43-61-62-41-38-50-25-11-13-33-58(50)68(62)71(67(61)46-55)66-36-17-15-32-57(66)48-22-6-2-7-23-48/h1-46H. The van der Waals surface area contributed by atoms with E-state index in [1.165, 1.54) is 93.5 Å². The van der Waals surface area contributed by atoms with Crippen LogP contribution in [0.15, 0.2) is 279 Å². The van der Waals surface area contributed by atoms with Crippen molar-refractivity contribution in [3.63, 3.8) is 0 Å². The average molecular weight is 903 g/mol. The molecule has 71 heavy (non-hydrogen) atoms. The molecule has 1 heterocycles. The second-order valence-electron chi connectivity index (χ2n) is 18.8. The third-order valence-electron chi connectivity index (χ3n) is 15.0. The van der Waals surface area contributed by atoms with E-state index in [2.05, 4.69) is 289 Å². The summed E-state index contributed by atoms with van der Waals surface area (Å²) >= 11 is 0. The molecule has 1 aromatic heterocycles. The minimum Gasteiger partial charge on any atom is -0.310 e. The first kappa shape index (κ1) is 40.8. The maximum absolute atomic E-state index is 2.53. The minimum absolute atomic E-state index is 0.614. The van der Waals surface area contributed by atoms with Crippen molar-refractivity contribution in [1.82, 2.24) is 4.57 Å². The summed E-state index contributed by atoms with van der Waals surface area (Å²) in [6.07, 6.45) is 0. The molecule has 1 unspecified atom stereocenters. The first-order valence-corrected chi connectivity index (χ1v) is 24.6. The zero-order chi connectivity index (χ0) is 46.9. The lowest BCUT2D eigenvalue weighted by Crippen LogP contribution is -2.29. The second-order valence-corrected chi connectivity index (χ2v) is 18.8. The zero-order valence-corrected chi connectivity index (χ0v) is 39.0.